The third kappa shape index (κ3) is 2.04. The maximum Gasteiger partial charge on any atom is 0.274 e. The second kappa shape index (κ2) is 5.10. The third-order valence-electron chi connectivity index (χ3n) is 3.95. The topological polar surface area (TPSA) is 93.8 Å². The summed E-state index contributed by atoms with van der Waals surface area (Å²) < 4.78 is 3.10. The second-order valence-corrected chi connectivity index (χ2v) is 5.47. The van der Waals surface area contributed by atoms with Gasteiger partial charge in [-0.1, -0.05) is 30.3 Å². The molecule has 5 aromatic rings. The van der Waals surface area contributed by atoms with E-state index in [2.05, 4.69) is 25.1 Å². The number of H-pyrrole nitrogens is 1. The standard InChI is InChI=1S/C17H11N7O/c25-16-12-7-9-19-24(12)15-14(20-16)13(11-5-2-1-3-6-11)21-17(22-15)23-10-4-8-18-23/h1-10H,(H,20,25). The molecule has 0 aliphatic heterocycles. The Hall–Kier alpha value is -3.81. The summed E-state index contributed by atoms with van der Waals surface area (Å²) in [5.74, 6) is 0.403. The van der Waals surface area contributed by atoms with Crippen LogP contribution in [0.2, 0.25) is 0 Å². The van der Waals surface area contributed by atoms with Crippen LogP contribution in [0.4, 0.5) is 0 Å². The van der Waals surface area contributed by atoms with Crippen LogP contribution in [0.25, 0.3) is 33.9 Å². The first-order chi connectivity index (χ1) is 12.3. The fraction of sp³-hybridized carbons (Fsp3) is 0. The Morgan fingerprint density at radius 3 is 2.60 bits per heavy atom. The molecule has 0 saturated heterocycles. The van der Waals surface area contributed by atoms with Crippen molar-refractivity contribution in [3.05, 3.63) is 71.4 Å². The Labute approximate surface area is 140 Å². The van der Waals surface area contributed by atoms with Gasteiger partial charge in [-0.2, -0.15) is 15.2 Å². The van der Waals surface area contributed by atoms with Crippen LogP contribution in [-0.4, -0.2) is 34.3 Å². The molecule has 0 aliphatic rings. The van der Waals surface area contributed by atoms with Crippen molar-refractivity contribution in [2.24, 2.45) is 0 Å². The molecule has 4 heterocycles. The first-order valence-corrected chi connectivity index (χ1v) is 7.64. The number of aromatic nitrogens is 7. The lowest BCUT2D eigenvalue weighted by atomic mass is 10.1. The number of benzene rings is 1. The molecule has 25 heavy (non-hydrogen) atoms. The summed E-state index contributed by atoms with van der Waals surface area (Å²) >= 11 is 0. The fourth-order valence-corrected chi connectivity index (χ4v) is 2.82. The quantitative estimate of drug-likeness (QED) is 0.533. The van der Waals surface area contributed by atoms with E-state index in [0.29, 0.717) is 28.3 Å². The van der Waals surface area contributed by atoms with Gasteiger partial charge in [-0.25, -0.2) is 14.2 Å². The number of nitrogens with zero attached hydrogens (tertiary/aromatic N) is 6. The Morgan fingerprint density at radius 1 is 0.920 bits per heavy atom. The predicted octanol–water partition coefficient (Wildman–Crippen LogP) is 1.82. The fourth-order valence-electron chi connectivity index (χ4n) is 2.82. The number of rotatable bonds is 2. The van der Waals surface area contributed by atoms with Crippen molar-refractivity contribution in [1.82, 2.24) is 34.3 Å². The van der Waals surface area contributed by atoms with Crippen molar-refractivity contribution in [2.45, 2.75) is 0 Å². The van der Waals surface area contributed by atoms with E-state index < -0.39 is 0 Å². The highest BCUT2D eigenvalue weighted by Gasteiger charge is 2.16. The smallest absolute Gasteiger partial charge is 0.274 e. The van der Waals surface area contributed by atoms with E-state index in [0.717, 1.165) is 5.56 Å². The molecule has 1 N–H and O–H groups in total. The van der Waals surface area contributed by atoms with E-state index >= 15 is 0 Å². The first kappa shape index (κ1) is 13.6. The molecule has 0 fully saturated rings. The number of hydrogen-bond donors (Lipinski definition) is 1. The monoisotopic (exact) mass is 329 g/mol. The van der Waals surface area contributed by atoms with E-state index in [1.807, 2.05) is 30.3 Å². The van der Waals surface area contributed by atoms with E-state index in [-0.39, 0.29) is 5.56 Å². The number of nitrogens with one attached hydrogen (secondary N) is 1. The van der Waals surface area contributed by atoms with Crippen LogP contribution >= 0.6 is 0 Å². The molecule has 0 saturated carbocycles. The van der Waals surface area contributed by atoms with E-state index in [9.17, 15) is 4.79 Å². The molecule has 0 spiro atoms. The molecule has 1 aromatic carbocycles. The number of hydrogen-bond acceptors (Lipinski definition) is 5. The molecule has 8 nitrogen and oxygen atoms in total. The van der Waals surface area contributed by atoms with Gasteiger partial charge in [-0.05, 0) is 12.1 Å². The normalized spacial score (nSPS) is 11.4. The molecule has 0 amide bonds. The zero-order valence-electron chi connectivity index (χ0n) is 12.9. The zero-order chi connectivity index (χ0) is 16.8. The molecular weight excluding hydrogens is 318 g/mol. The molecule has 0 radical (unpaired) electrons. The summed E-state index contributed by atoms with van der Waals surface area (Å²) in [6, 6.07) is 13.1. The van der Waals surface area contributed by atoms with Gasteiger partial charge in [0, 0.05) is 18.0 Å². The first-order valence-electron chi connectivity index (χ1n) is 7.64. The van der Waals surface area contributed by atoms with Crippen LogP contribution in [0.15, 0.2) is 65.8 Å². The van der Waals surface area contributed by atoms with E-state index in [1.54, 1.807) is 35.4 Å². The van der Waals surface area contributed by atoms with Crippen molar-refractivity contribution in [1.29, 1.82) is 0 Å². The summed E-state index contributed by atoms with van der Waals surface area (Å²) in [4.78, 5) is 24.4. The molecular formula is C17H11N7O. The van der Waals surface area contributed by atoms with Gasteiger partial charge < -0.3 is 4.98 Å². The average Bonchev–Trinajstić information content (AvgIpc) is 3.34. The second-order valence-electron chi connectivity index (χ2n) is 5.47. The molecule has 120 valence electrons. The lowest BCUT2D eigenvalue weighted by Gasteiger charge is -2.09. The molecule has 8 heteroatoms. The van der Waals surface area contributed by atoms with Gasteiger partial charge in [0.1, 0.15) is 16.7 Å². The average molecular weight is 329 g/mol. The molecule has 0 unspecified atom stereocenters. The van der Waals surface area contributed by atoms with E-state index in [1.165, 1.54) is 4.52 Å². The number of aromatic amines is 1. The van der Waals surface area contributed by atoms with E-state index in [4.69, 9.17) is 0 Å². The Bertz CT molecular complexity index is 1250. The van der Waals surface area contributed by atoms with Crippen molar-refractivity contribution >= 4 is 16.7 Å². The minimum absolute atomic E-state index is 0.238. The largest absolute Gasteiger partial charge is 0.316 e. The minimum atomic E-state index is -0.238. The highest BCUT2D eigenvalue weighted by atomic mass is 16.1. The SMILES string of the molecule is O=c1[nH]c2c(-c3ccccc3)nc(-n3cccn3)nc2n2nccc12. The maximum absolute atomic E-state index is 12.4. The highest BCUT2D eigenvalue weighted by molar-refractivity contribution is 5.88. The van der Waals surface area contributed by atoms with Gasteiger partial charge >= 0.3 is 0 Å². The van der Waals surface area contributed by atoms with Crippen LogP contribution in [-0.2, 0) is 0 Å². The summed E-state index contributed by atoms with van der Waals surface area (Å²) in [6.07, 6.45) is 5.00. The van der Waals surface area contributed by atoms with Gasteiger partial charge in [0.25, 0.3) is 11.5 Å². The minimum Gasteiger partial charge on any atom is -0.316 e. The maximum atomic E-state index is 12.4. The molecule has 0 aliphatic carbocycles. The van der Waals surface area contributed by atoms with Gasteiger partial charge in [-0.15, -0.1) is 0 Å². The summed E-state index contributed by atoms with van der Waals surface area (Å²) in [5, 5.41) is 8.45. The molecule has 4 aromatic heterocycles. The Kier molecular flexibility index (Phi) is 2.78. The van der Waals surface area contributed by atoms with Crippen molar-refractivity contribution in [3.63, 3.8) is 0 Å². The number of fused-ring (bicyclic) bond motifs is 3. The van der Waals surface area contributed by atoms with Crippen LogP contribution < -0.4 is 5.56 Å². The van der Waals surface area contributed by atoms with Crippen molar-refractivity contribution in [3.8, 4) is 17.2 Å². The van der Waals surface area contributed by atoms with Crippen LogP contribution in [0, 0.1) is 0 Å². The van der Waals surface area contributed by atoms with Gasteiger partial charge in [0.2, 0.25) is 0 Å². The summed E-state index contributed by atoms with van der Waals surface area (Å²) in [6.45, 7) is 0. The Morgan fingerprint density at radius 2 is 1.80 bits per heavy atom. The summed E-state index contributed by atoms with van der Waals surface area (Å²) in [7, 11) is 0. The Balaban J connectivity index is 1.96. The molecule has 5 rings (SSSR count). The molecule has 0 bridgehead atoms. The van der Waals surface area contributed by atoms with Crippen LogP contribution in [0.1, 0.15) is 0 Å². The third-order valence-corrected chi connectivity index (χ3v) is 3.95. The van der Waals surface area contributed by atoms with Crippen LogP contribution in [0.5, 0.6) is 0 Å². The lowest BCUT2D eigenvalue weighted by Crippen LogP contribution is -2.14. The highest BCUT2D eigenvalue weighted by Crippen LogP contribution is 2.24. The summed E-state index contributed by atoms with van der Waals surface area (Å²) in [5.41, 5.74) is 2.72. The lowest BCUT2D eigenvalue weighted by molar-refractivity contribution is 0.808. The van der Waals surface area contributed by atoms with Crippen molar-refractivity contribution in [2.75, 3.05) is 0 Å². The van der Waals surface area contributed by atoms with Crippen molar-refractivity contribution < 1.29 is 0 Å². The van der Waals surface area contributed by atoms with Gasteiger partial charge in [0.15, 0.2) is 5.65 Å². The zero-order valence-corrected chi connectivity index (χ0v) is 12.9. The van der Waals surface area contributed by atoms with Gasteiger partial charge in [-0.3, -0.25) is 4.79 Å². The predicted molar refractivity (Wildman–Crippen MR) is 91.5 cm³/mol. The van der Waals surface area contributed by atoms with Crippen LogP contribution in [0.3, 0.4) is 0 Å². The van der Waals surface area contributed by atoms with Gasteiger partial charge in [0.05, 0.1) is 6.20 Å². The molecule has 0 atom stereocenters.